The van der Waals surface area contributed by atoms with Crippen molar-refractivity contribution in [2.24, 2.45) is 0 Å². The molecule has 0 saturated heterocycles. The Morgan fingerprint density at radius 3 is 2.58 bits per heavy atom. The number of carbonyl (C=O) groups excluding carboxylic acids is 2. The molecule has 186 valence electrons. The highest BCUT2D eigenvalue weighted by Gasteiger charge is 2.61. The molecule has 0 aromatic heterocycles. The SMILES string of the molecule is [2H]C1([2H])N(C(=O)Nc2cccc3c2C(c2cc(F)ccc2Cl)NC3=O)c2ccc(F)cc2C1(O)C(F)(F)F. The molecule has 0 aliphatic carbocycles. The van der Waals surface area contributed by atoms with Crippen LogP contribution in [0.15, 0.2) is 54.6 Å². The van der Waals surface area contributed by atoms with E-state index in [0.717, 1.165) is 18.2 Å². The zero-order chi connectivity index (χ0) is 27.8. The van der Waals surface area contributed by atoms with Gasteiger partial charge in [-0.2, -0.15) is 13.2 Å². The van der Waals surface area contributed by atoms with Crippen LogP contribution in [0.5, 0.6) is 0 Å². The predicted octanol–water partition coefficient (Wildman–Crippen LogP) is 5.25. The number of fused-ring (bicyclic) bond motifs is 2. The van der Waals surface area contributed by atoms with Gasteiger partial charge in [0.25, 0.3) is 5.91 Å². The zero-order valence-corrected chi connectivity index (χ0v) is 18.5. The van der Waals surface area contributed by atoms with Crippen LogP contribution in [0.3, 0.4) is 0 Å². The molecule has 0 bridgehead atoms. The number of alkyl halides is 3. The number of nitrogens with one attached hydrogen (secondary N) is 2. The van der Waals surface area contributed by atoms with Crippen molar-refractivity contribution in [1.82, 2.24) is 5.32 Å². The van der Waals surface area contributed by atoms with Crippen molar-refractivity contribution in [1.29, 1.82) is 0 Å². The van der Waals surface area contributed by atoms with E-state index >= 15 is 0 Å². The largest absolute Gasteiger partial charge is 0.423 e. The summed E-state index contributed by atoms with van der Waals surface area (Å²) in [6, 6.07) is 6.68. The first kappa shape index (κ1) is 21.6. The van der Waals surface area contributed by atoms with E-state index in [0.29, 0.717) is 12.1 Å². The molecule has 0 saturated carbocycles. The second-order valence-corrected chi connectivity index (χ2v) is 8.49. The summed E-state index contributed by atoms with van der Waals surface area (Å²) in [7, 11) is 0. The van der Waals surface area contributed by atoms with Gasteiger partial charge in [0.2, 0.25) is 5.60 Å². The number of rotatable bonds is 2. The second-order valence-electron chi connectivity index (χ2n) is 8.09. The van der Waals surface area contributed by atoms with E-state index < -0.39 is 59.1 Å². The molecular formula is C24H15ClF5N3O3. The molecule has 3 aromatic carbocycles. The molecule has 36 heavy (non-hydrogen) atoms. The number of urea groups is 1. The molecule has 6 nitrogen and oxygen atoms in total. The summed E-state index contributed by atoms with van der Waals surface area (Å²) in [5, 5.41) is 15.5. The van der Waals surface area contributed by atoms with Gasteiger partial charge >= 0.3 is 12.2 Å². The Morgan fingerprint density at radius 2 is 1.86 bits per heavy atom. The van der Waals surface area contributed by atoms with Gasteiger partial charge in [-0.15, -0.1) is 0 Å². The topological polar surface area (TPSA) is 81.7 Å². The number of benzene rings is 3. The van der Waals surface area contributed by atoms with Crippen LogP contribution in [-0.2, 0) is 5.60 Å². The fourth-order valence-electron chi connectivity index (χ4n) is 4.26. The van der Waals surface area contributed by atoms with Gasteiger partial charge in [0.05, 0.1) is 21.0 Å². The summed E-state index contributed by atoms with van der Waals surface area (Å²) >= 11 is 6.20. The number of carbonyl (C=O) groups is 2. The Labute approximate surface area is 208 Å². The third kappa shape index (κ3) is 3.66. The summed E-state index contributed by atoms with van der Waals surface area (Å²) in [6.07, 6.45) is -5.64. The number of hydrogen-bond donors (Lipinski definition) is 3. The monoisotopic (exact) mass is 525 g/mol. The van der Waals surface area contributed by atoms with E-state index in [2.05, 4.69) is 10.6 Å². The smallest absolute Gasteiger partial charge is 0.375 e. The quantitative estimate of drug-likeness (QED) is 0.400. The highest BCUT2D eigenvalue weighted by molar-refractivity contribution is 6.31. The number of halogens is 6. The van der Waals surface area contributed by atoms with Crippen molar-refractivity contribution >= 4 is 34.9 Å². The maximum Gasteiger partial charge on any atom is 0.423 e. The number of hydrogen-bond acceptors (Lipinski definition) is 3. The first-order valence-electron chi connectivity index (χ1n) is 11.3. The first-order valence-corrected chi connectivity index (χ1v) is 10.7. The van der Waals surface area contributed by atoms with Gasteiger partial charge in [-0.25, -0.2) is 13.6 Å². The molecule has 3 amide bonds. The Morgan fingerprint density at radius 1 is 1.17 bits per heavy atom. The molecular weight excluding hydrogens is 509 g/mol. The summed E-state index contributed by atoms with van der Waals surface area (Å²) in [6.45, 7) is -3.82. The first-order chi connectivity index (χ1) is 17.7. The fourth-order valence-corrected chi connectivity index (χ4v) is 4.48. The van der Waals surface area contributed by atoms with Crippen molar-refractivity contribution in [3.8, 4) is 0 Å². The lowest BCUT2D eigenvalue weighted by atomic mass is 9.95. The van der Waals surface area contributed by atoms with E-state index in [1.807, 2.05) is 0 Å². The van der Waals surface area contributed by atoms with Crippen LogP contribution in [0.25, 0.3) is 0 Å². The van der Waals surface area contributed by atoms with Gasteiger partial charge in [0, 0.05) is 33.0 Å². The van der Waals surface area contributed by atoms with Gasteiger partial charge in [-0.05, 0) is 48.5 Å². The molecule has 12 heteroatoms. The highest BCUT2D eigenvalue weighted by atomic mass is 35.5. The summed E-state index contributed by atoms with van der Waals surface area (Å²) < 4.78 is 86.1. The average Bonchev–Trinajstić information content (AvgIpc) is 3.25. The Kier molecular flexibility index (Phi) is 4.90. The molecule has 0 spiro atoms. The van der Waals surface area contributed by atoms with Crippen LogP contribution in [0.1, 0.15) is 35.8 Å². The van der Waals surface area contributed by atoms with E-state index in [1.165, 1.54) is 24.3 Å². The fraction of sp³-hybridized carbons (Fsp3) is 0.167. The molecule has 2 aliphatic heterocycles. The Hall–Kier alpha value is -3.70. The lowest BCUT2D eigenvalue weighted by Crippen LogP contribution is -2.48. The summed E-state index contributed by atoms with van der Waals surface area (Å²) in [4.78, 5) is 26.0. The Bertz CT molecular complexity index is 1520. The lowest BCUT2D eigenvalue weighted by molar-refractivity contribution is -0.258. The number of β-amino-alcohol motifs (C(OH)–C–C–N with tert-alkyl or cyclic N) is 1. The van der Waals surface area contributed by atoms with Crippen molar-refractivity contribution in [3.63, 3.8) is 0 Å². The normalized spacial score (nSPS) is 22.9. The maximum atomic E-state index is 14.0. The summed E-state index contributed by atoms with van der Waals surface area (Å²) in [5.41, 5.74) is -6.02. The minimum absolute atomic E-state index is 0.0308. The van der Waals surface area contributed by atoms with Gasteiger partial charge in [0.1, 0.15) is 11.6 Å². The second kappa shape index (κ2) is 8.17. The van der Waals surface area contributed by atoms with E-state index in [4.69, 9.17) is 14.3 Å². The van der Waals surface area contributed by atoms with Crippen molar-refractivity contribution in [2.45, 2.75) is 17.8 Å². The minimum atomic E-state index is -5.64. The molecule has 2 atom stereocenters. The van der Waals surface area contributed by atoms with E-state index in [9.17, 15) is 36.6 Å². The number of anilines is 2. The number of nitrogens with zero attached hydrogens (tertiary/aromatic N) is 1. The Balaban J connectivity index is 1.60. The minimum Gasteiger partial charge on any atom is -0.375 e. The number of aliphatic hydroxyl groups is 1. The van der Waals surface area contributed by atoms with Crippen LogP contribution < -0.4 is 15.5 Å². The van der Waals surface area contributed by atoms with E-state index in [1.54, 1.807) is 0 Å². The van der Waals surface area contributed by atoms with Gasteiger partial charge in [-0.1, -0.05) is 17.7 Å². The molecule has 2 unspecified atom stereocenters. The highest BCUT2D eigenvalue weighted by Crippen LogP contribution is 2.49. The van der Waals surface area contributed by atoms with Gasteiger partial charge in [-0.3, -0.25) is 9.69 Å². The number of amides is 3. The van der Waals surface area contributed by atoms with Gasteiger partial charge < -0.3 is 15.7 Å². The molecule has 5 rings (SSSR count). The summed E-state index contributed by atoms with van der Waals surface area (Å²) in [5.74, 6) is -2.47. The molecule has 3 aromatic rings. The van der Waals surface area contributed by atoms with Crippen LogP contribution in [0, 0.1) is 11.6 Å². The van der Waals surface area contributed by atoms with Crippen LogP contribution in [0.2, 0.25) is 5.02 Å². The van der Waals surface area contributed by atoms with Gasteiger partial charge in [0.15, 0.2) is 0 Å². The molecule has 0 fully saturated rings. The standard InChI is InChI=1S/C24H15ClF5N3O3/c25-16-6-4-11(26)8-14(16)20-19-13(21(34)32-20)2-1-3-17(19)31-22(35)33-10-23(36,24(28,29)30)15-9-12(27)5-7-18(15)33/h1-9,20,36H,10H2,(H,31,35)(H,32,34)/i10D2. The van der Waals surface area contributed by atoms with Crippen LogP contribution in [-0.4, -0.2) is 29.7 Å². The molecule has 0 radical (unpaired) electrons. The third-order valence-electron chi connectivity index (χ3n) is 5.90. The van der Waals surface area contributed by atoms with E-state index in [-0.39, 0.29) is 32.3 Å². The lowest BCUT2D eigenvalue weighted by Gasteiger charge is -2.27. The predicted molar refractivity (Wildman–Crippen MR) is 120 cm³/mol. The third-order valence-corrected chi connectivity index (χ3v) is 6.25. The molecule has 3 N–H and O–H groups in total. The van der Waals surface area contributed by atoms with Crippen LogP contribution >= 0.6 is 11.6 Å². The van der Waals surface area contributed by atoms with Crippen molar-refractivity contribution in [2.75, 3.05) is 16.7 Å². The molecule has 2 heterocycles. The van der Waals surface area contributed by atoms with Crippen LogP contribution in [0.4, 0.5) is 38.1 Å². The molecule has 2 aliphatic rings. The maximum absolute atomic E-state index is 14.0. The van der Waals surface area contributed by atoms with Crippen molar-refractivity contribution < 1.29 is 39.4 Å². The van der Waals surface area contributed by atoms with Crippen molar-refractivity contribution in [3.05, 3.63) is 93.5 Å². The zero-order valence-electron chi connectivity index (χ0n) is 19.8. The average molecular weight is 526 g/mol.